The number of para-hydroxylation sites is 1. The summed E-state index contributed by atoms with van der Waals surface area (Å²) in [5.41, 5.74) is 5.02. The Hall–Kier alpha value is -1.82. The summed E-state index contributed by atoms with van der Waals surface area (Å²) in [6.07, 6.45) is 1.15. The second kappa shape index (κ2) is 5.68. The molecule has 0 radical (unpaired) electrons. The molecule has 4 N–H and O–H groups in total. The van der Waals surface area contributed by atoms with Gasteiger partial charge in [-0.1, -0.05) is 19.9 Å². The fourth-order valence-corrected chi connectivity index (χ4v) is 1.67. The van der Waals surface area contributed by atoms with Gasteiger partial charge in [0.25, 0.3) is 0 Å². The van der Waals surface area contributed by atoms with Gasteiger partial charge in [-0.25, -0.2) is 0 Å². The molecule has 1 rings (SSSR count). The SMILES string of the molecule is CCC(O)(CC)CNc1cccc(N)c1[N+](=O)[O-]. The fraction of sp³-hybridized carbons (Fsp3) is 0.500. The number of aliphatic hydroxyl groups is 1. The van der Waals surface area contributed by atoms with E-state index in [1.54, 1.807) is 12.1 Å². The summed E-state index contributed by atoms with van der Waals surface area (Å²) in [4.78, 5) is 10.4. The van der Waals surface area contributed by atoms with Crippen molar-refractivity contribution in [2.75, 3.05) is 17.6 Å². The second-order valence-corrected chi connectivity index (χ2v) is 4.29. The number of nitrogens with one attached hydrogen (secondary N) is 1. The highest BCUT2D eigenvalue weighted by Crippen LogP contribution is 2.31. The molecular weight excluding hydrogens is 234 g/mol. The number of rotatable bonds is 6. The number of nitrogens with two attached hydrogens (primary N) is 1. The largest absolute Gasteiger partial charge is 0.393 e. The van der Waals surface area contributed by atoms with Crippen LogP contribution in [-0.2, 0) is 0 Å². The van der Waals surface area contributed by atoms with Crippen LogP contribution in [-0.4, -0.2) is 22.2 Å². The zero-order chi connectivity index (χ0) is 13.8. The molecule has 0 unspecified atom stereocenters. The van der Waals surface area contributed by atoms with Crippen molar-refractivity contribution in [1.82, 2.24) is 0 Å². The summed E-state index contributed by atoms with van der Waals surface area (Å²) in [6, 6.07) is 4.71. The van der Waals surface area contributed by atoms with E-state index in [1.807, 2.05) is 13.8 Å². The summed E-state index contributed by atoms with van der Waals surface area (Å²) in [6.45, 7) is 4.00. The molecule has 0 aliphatic carbocycles. The molecule has 1 aromatic carbocycles. The third kappa shape index (κ3) is 3.10. The van der Waals surface area contributed by atoms with Gasteiger partial charge in [0.05, 0.1) is 10.5 Å². The standard InChI is InChI=1S/C12H19N3O3/c1-3-12(16,4-2)8-14-10-7-5-6-9(13)11(10)15(17)18/h5-7,14,16H,3-4,8,13H2,1-2H3. The zero-order valence-corrected chi connectivity index (χ0v) is 10.6. The smallest absolute Gasteiger partial charge is 0.314 e. The van der Waals surface area contributed by atoms with Crippen LogP contribution in [0, 0.1) is 10.1 Å². The van der Waals surface area contributed by atoms with Crippen LogP contribution in [0.25, 0.3) is 0 Å². The number of nitro benzene ring substituents is 1. The predicted molar refractivity (Wildman–Crippen MR) is 71.5 cm³/mol. The quantitative estimate of drug-likeness (QED) is 0.409. The van der Waals surface area contributed by atoms with Gasteiger partial charge in [-0.05, 0) is 25.0 Å². The Balaban J connectivity index is 2.92. The lowest BCUT2D eigenvalue weighted by atomic mass is 9.97. The lowest BCUT2D eigenvalue weighted by Crippen LogP contribution is -2.35. The van der Waals surface area contributed by atoms with Crippen molar-refractivity contribution in [1.29, 1.82) is 0 Å². The Morgan fingerprint density at radius 1 is 1.44 bits per heavy atom. The van der Waals surface area contributed by atoms with E-state index in [0.29, 0.717) is 18.5 Å². The number of benzene rings is 1. The van der Waals surface area contributed by atoms with Crippen LogP contribution < -0.4 is 11.1 Å². The predicted octanol–water partition coefficient (Wildman–Crippen LogP) is 2.14. The molecule has 0 amide bonds. The third-order valence-corrected chi connectivity index (χ3v) is 3.17. The third-order valence-electron chi connectivity index (χ3n) is 3.17. The van der Waals surface area contributed by atoms with E-state index in [4.69, 9.17) is 5.73 Å². The van der Waals surface area contributed by atoms with E-state index in [-0.39, 0.29) is 17.9 Å². The topological polar surface area (TPSA) is 101 Å². The Morgan fingerprint density at radius 3 is 2.56 bits per heavy atom. The van der Waals surface area contributed by atoms with E-state index in [1.165, 1.54) is 6.07 Å². The summed E-state index contributed by atoms with van der Waals surface area (Å²) in [7, 11) is 0. The van der Waals surface area contributed by atoms with Crippen molar-refractivity contribution in [2.24, 2.45) is 0 Å². The van der Waals surface area contributed by atoms with Gasteiger partial charge in [-0.15, -0.1) is 0 Å². The van der Waals surface area contributed by atoms with Crippen LogP contribution in [0.5, 0.6) is 0 Å². The number of anilines is 2. The molecule has 0 saturated carbocycles. The molecule has 18 heavy (non-hydrogen) atoms. The molecule has 6 heteroatoms. The number of hydrogen-bond donors (Lipinski definition) is 3. The van der Waals surface area contributed by atoms with Crippen LogP contribution in [0.1, 0.15) is 26.7 Å². The molecule has 0 bridgehead atoms. The number of nitro groups is 1. The lowest BCUT2D eigenvalue weighted by molar-refractivity contribution is -0.383. The minimum absolute atomic E-state index is 0.113. The van der Waals surface area contributed by atoms with Gasteiger partial charge in [-0.2, -0.15) is 0 Å². The molecule has 0 spiro atoms. The first-order valence-corrected chi connectivity index (χ1v) is 5.92. The molecule has 0 fully saturated rings. The van der Waals surface area contributed by atoms with Crippen LogP contribution in [0.4, 0.5) is 17.1 Å². The molecule has 0 aliphatic rings. The maximum atomic E-state index is 10.9. The summed E-state index contributed by atoms with van der Waals surface area (Å²) >= 11 is 0. The second-order valence-electron chi connectivity index (χ2n) is 4.29. The van der Waals surface area contributed by atoms with E-state index in [0.717, 1.165) is 0 Å². The lowest BCUT2D eigenvalue weighted by Gasteiger charge is -2.25. The van der Waals surface area contributed by atoms with Gasteiger partial charge in [0.1, 0.15) is 11.4 Å². The van der Waals surface area contributed by atoms with Crippen molar-refractivity contribution in [2.45, 2.75) is 32.3 Å². The van der Waals surface area contributed by atoms with Crippen LogP contribution in [0.3, 0.4) is 0 Å². The van der Waals surface area contributed by atoms with Gasteiger partial charge < -0.3 is 16.2 Å². The van der Waals surface area contributed by atoms with Gasteiger partial charge >= 0.3 is 5.69 Å². The van der Waals surface area contributed by atoms with E-state index in [2.05, 4.69) is 5.32 Å². The van der Waals surface area contributed by atoms with Crippen molar-refractivity contribution in [3.8, 4) is 0 Å². The molecule has 0 aliphatic heterocycles. The number of nitrogens with zero attached hydrogens (tertiary/aromatic N) is 1. The average Bonchev–Trinajstić information content (AvgIpc) is 2.35. The highest BCUT2D eigenvalue weighted by Gasteiger charge is 2.24. The van der Waals surface area contributed by atoms with Crippen molar-refractivity contribution >= 4 is 17.1 Å². The minimum Gasteiger partial charge on any atom is -0.393 e. The molecule has 0 saturated heterocycles. The summed E-state index contributed by atoms with van der Waals surface area (Å²) in [5, 5.41) is 24.0. The molecule has 1 aromatic rings. The highest BCUT2D eigenvalue weighted by molar-refractivity contribution is 5.74. The van der Waals surface area contributed by atoms with E-state index in [9.17, 15) is 15.2 Å². The Bertz CT molecular complexity index is 431. The van der Waals surface area contributed by atoms with E-state index >= 15 is 0 Å². The molecule has 6 nitrogen and oxygen atoms in total. The van der Waals surface area contributed by atoms with Crippen molar-refractivity contribution in [3.05, 3.63) is 28.3 Å². The first-order valence-electron chi connectivity index (χ1n) is 5.92. The first-order chi connectivity index (χ1) is 8.43. The van der Waals surface area contributed by atoms with Gasteiger partial charge in [0.2, 0.25) is 0 Å². The molecule has 0 heterocycles. The fourth-order valence-electron chi connectivity index (χ4n) is 1.67. The summed E-state index contributed by atoms with van der Waals surface area (Å²) in [5.74, 6) is 0. The van der Waals surface area contributed by atoms with Gasteiger partial charge in [0, 0.05) is 6.54 Å². The van der Waals surface area contributed by atoms with Crippen LogP contribution >= 0.6 is 0 Å². The Labute approximate surface area is 106 Å². The maximum Gasteiger partial charge on any atom is 0.314 e. The van der Waals surface area contributed by atoms with Gasteiger partial charge in [0.15, 0.2) is 0 Å². The highest BCUT2D eigenvalue weighted by atomic mass is 16.6. The first kappa shape index (κ1) is 14.2. The normalized spacial score (nSPS) is 11.3. The van der Waals surface area contributed by atoms with Crippen LogP contribution in [0.2, 0.25) is 0 Å². The maximum absolute atomic E-state index is 10.9. The van der Waals surface area contributed by atoms with E-state index < -0.39 is 10.5 Å². The van der Waals surface area contributed by atoms with Crippen LogP contribution in [0.15, 0.2) is 18.2 Å². The summed E-state index contributed by atoms with van der Waals surface area (Å²) < 4.78 is 0. The minimum atomic E-state index is -0.863. The van der Waals surface area contributed by atoms with Crippen molar-refractivity contribution < 1.29 is 10.0 Å². The van der Waals surface area contributed by atoms with Crippen molar-refractivity contribution in [3.63, 3.8) is 0 Å². The average molecular weight is 253 g/mol. The Morgan fingerprint density at radius 2 is 2.06 bits per heavy atom. The molecule has 100 valence electrons. The van der Waals surface area contributed by atoms with Gasteiger partial charge in [-0.3, -0.25) is 10.1 Å². The molecular formula is C12H19N3O3. The monoisotopic (exact) mass is 253 g/mol. The Kier molecular flexibility index (Phi) is 4.49. The molecule has 0 aromatic heterocycles. The molecule has 0 atom stereocenters. The number of hydrogen-bond acceptors (Lipinski definition) is 5. The number of nitrogen functional groups attached to an aromatic ring is 1. The zero-order valence-electron chi connectivity index (χ0n) is 10.6.